The van der Waals surface area contributed by atoms with E-state index < -0.39 is 5.41 Å². The standard InChI is InChI=1S/C24H27FN4O2/c1-16-4-10-19(11-5-16)26-22-21(17-6-8-18(25)9-7-17)27-20-14-28(12-13-29(20)22)23(31)24(2,3)15-30/h4-11,26,30H,12-15H2,1-3H3. The number of carbonyl (C=O) groups excluding carboxylic acids is 1. The number of imidazole rings is 1. The van der Waals surface area contributed by atoms with Crippen molar-refractivity contribution in [1.82, 2.24) is 14.5 Å². The second kappa shape index (κ2) is 8.15. The fourth-order valence-electron chi connectivity index (χ4n) is 3.71. The summed E-state index contributed by atoms with van der Waals surface area (Å²) in [7, 11) is 0. The molecule has 0 bridgehead atoms. The number of aliphatic hydroxyl groups excluding tert-OH is 1. The first-order valence-corrected chi connectivity index (χ1v) is 10.4. The lowest BCUT2D eigenvalue weighted by atomic mass is 9.92. The van der Waals surface area contributed by atoms with Crippen molar-refractivity contribution >= 4 is 17.4 Å². The van der Waals surface area contributed by atoms with Gasteiger partial charge in [0.05, 0.1) is 18.6 Å². The third kappa shape index (κ3) is 4.18. The van der Waals surface area contributed by atoms with Crippen molar-refractivity contribution in [2.75, 3.05) is 18.5 Å². The summed E-state index contributed by atoms with van der Waals surface area (Å²) in [5.41, 5.74) is 2.77. The van der Waals surface area contributed by atoms with E-state index in [2.05, 4.69) is 9.88 Å². The van der Waals surface area contributed by atoms with Crippen LogP contribution in [0.2, 0.25) is 0 Å². The van der Waals surface area contributed by atoms with Crippen LogP contribution in [0.15, 0.2) is 48.5 Å². The van der Waals surface area contributed by atoms with Crippen molar-refractivity contribution in [1.29, 1.82) is 0 Å². The third-order valence-corrected chi connectivity index (χ3v) is 5.67. The van der Waals surface area contributed by atoms with Crippen molar-refractivity contribution in [2.24, 2.45) is 5.41 Å². The molecule has 2 N–H and O–H groups in total. The van der Waals surface area contributed by atoms with Gasteiger partial charge in [-0.05, 0) is 57.2 Å². The van der Waals surface area contributed by atoms with Crippen molar-refractivity contribution in [3.8, 4) is 11.3 Å². The van der Waals surface area contributed by atoms with Gasteiger partial charge in [0.25, 0.3) is 0 Å². The number of benzene rings is 2. The zero-order valence-corrected chi connectivity index (χ0v) is 18.0. The maximum absolute atomic E-state index is 13.5. The van der Waals surface area contributed by atoms with Crippen molar-refractivity contribution < 1.29 is 14.3 Å². The van der Waals surface area contributed by atoms with Crippen LogP contribution < -0.4 is 5.32 Å². The van der Waals surface area contributed by atoms with E-state index in [0.29, 0.717) is 25.3 Å². The van der Waals surface area contributed by atoms with Gasteiger partial charge in [0, 0.05) is 24.3 Å². The van der Waals surface area contributed by atoms with Gasteiger partial charge in [-0.3, -0.25) is 4.79 Å². The molecule has 0 radical (unpaired) electrons. The normalized spacial score (nSPS) is 13.8. The summed E-state index contributed by atoms with van der Waals surface area (Å²) in [4.78, 5) is 19.4. The quantitative estimate of drug-likeness (QED) is 0.649. The van der Waals surface area contributed by atoms with Crippen LogP contribution in [0.1, 0.15) is 25.2 Å². The number of rotatable bonds is 5. The maximum atomic E-state index is 13.5. The van der Waals surface area contributed by atoms with Crippen LogP contribution in [0.3, 0.4) is 0 Å². The molecular formula is C24H27FN4O2. The number of halogens is 1. The molecule has 0 fully saturated rings. The number of nitrogens with zero attached hydrogens (tertiary/aromatic N) is 3. The summed E-state index contributed by atoms with van der Waals surface area (Å²) in [6, 6.07) is 14.3. The summed E-state index contributed by atoms with van der Waals surface area (Å²) in [5, 5.41) is 13.1. The number of carbonyl (C=O) groups is 1. The van der Waals surface area contributed by atoms with Crippen LogP contribution >= 0.6 is 0 Å². The number of aromatic nitrogens is 2. The summed E-state index contributed by atoms with van der Waals surface area (Å²) in [6.45, 7) is 6.76. The van der Waals surface area contributed by atoms with E-state index in [1.165, 1.54) is 17.7 Å². The topological polar surface area (TPSA) is 70.4 Å². The van der Waals surface area contributed by atoms with E-state index in [4.69, 9.17) is 4.98 Å². The van der Waals surface area contributed by atoms with Crippen LogP contribution in [-0.2, 0) is 17.9 Å². The molecule has 0 saturated carbocycles. The molecule has 2 heterocycles. The van der Waals surface area contributed by atoms with E-state index in [0.717, 1.165) is 22.9 Å². The molecule has 4 rings (SSSR count). The highest BCUT2D eigenvalue weighted by Gasteiger charge is 2.34. The van der Waals surface area contributed by atoms with Crippen molar-refractivity contribution in [3.05, 3.63) is 65.7 Å². The second-order valence-electron chi connectivity index (χ2n) is 8.64. The van der Waals surface area contributed by atoms with Gasteiger partial charge in [-0.2, -0.15) is 0 Å². The van der Waals surface area contributed by atoms with E-state index >= 15 is 0 Å². The van der Waals surface area contributed by atoms with Crippen molar-refractivity contribution in [2.45, 2.75) is 33.9 Å². The molecule has 0 aliphatic carbocycles. The largest absolute Gasteiger partial charge is 0.395 e. The molecular weight excluding hydrogens is 395 g/mol. The van der Waals surface area contributed by atoms with E-state index in [-0.39, 0.29) is 18.3 Å². The molecule has 3 aromatic rings. The molecule has 2 aromatic carbocycles. The monoisotopic (exact) mass is 422 g/mol. The molecule has 7 heteroatoms. The lowest BCUT2D eigenvalue weighted by Crippen LogP contribution is -2.46. The van der Waals surface area contributed by atoms with Crippen LogP contribution in [0.25, 0.3) is 11.3 Å². The van der Waals surface area contributed by atoms with Crippen molar-refractivity contribution in [3.63, 3.8) is 0 Å². The number of nitrogens with one attached hydrogen (secondary N) is 1. The van der Waals surface area contributed by atoms with Gasteiger partial charge in [-0.25, -0.2) is 9.37 Å². The number of aryl methyl sites for hydroxylation is 1. The fourth-order valence-corrected chi connectivity index (χ4v) is 3.71. The van der Waals surface area contributed by atoms with E-state index in [1.54, 1.807) is 30.9 Å². The van der Waals surface area contributed by atoms with Crippen LogP contribution in [0, 0.1) is 18.2 Å². The molecule has 31 heavy (non-hydrogen) atoms. The average molecular weight is 423 g/mol. The Labute approximate surface area is 181 Å². The highest BCUT2D eigenvalue weighted by atomic mass is 19.1. The molecule has 1 aliphatic heterocycles. The van der Waals surface area contributed by atoms with Gasteiger partial charge in [-0.15, -0.1) is 0 Å². The molecule has 0 spiro atoms. The molecule has 1 aliphatic rings. The summed E-state index contributed by atoms with van der Waals surface area (Å²) in [5.74, 6) is 1.17. The molecule has 0 unspecified atom stereocenters. The smallest absolute Gasteiger partial charge is 0.231 e. The average Bonchev–Trinajstić information content (AvgIpc) is 3.12. The zero-order chi connectivity index (χ0) is 22.2. The Bertz CT molecular complexity index is 1090. The van der Waals surface area contributed by atoms with Gasteiger partial charge >= 0.3 is 0 Å². The fraction of sp³-hybridized carbons (Fsp3) is 0.333. The minimum atomic E-state index is -0.836. The first kappa shape index (κ1) is 21.1. The molecule has 0 saturated heterocycles. The number of anilines is 2. The molecule has 1 amide bonds. The lowest BCUT2D eigenvalue weighted by Gasteiger charge is -2.34. The minimum Gasteiger partial charge on any atom is -0.395 e. The molecule has 6 nitrogen and oxygen atoms in total. The third-order valence-electron chi connectivity index (χ3n) is 5.67. The summed E-state index contributed by atoms with van der Waals surface area (Å²) < 4.78 is 15.6. The molecule has 0 atom stereocenters. The Kier molecular flexibility index (Phi) is 5.54. The SMILES string of the molecule is Cc1ccc(Nc2c(-c3ccc(F)cc3)nc3n2CCN(C(=O)C(C)(C)CO)C3)cc1. The second-order valence-corrected chi connectivity index (χ2v) is 8.64. The number of amides is 1. The Morgan fingerprint density at radius 3 is 2.45 bits per heavy atom. The number of hydrogen-bond acceptors (Lipinski definition) is 4. The highest BCUT2D eigenvalue weighted by Crippen LogP contribution is 2.34. The Balaban J connectivity index is 1.73. The van der Waals surface area contributed by atoms with Gasteiger partial charge in [-0.1, -0.05) is 17.7 Å². The molecule has 1 aromatic heterocycles. The minimum absolute atomic E-state index is 0.0966. The van der Waals surface area contributed by atoms with Crippen LogP contribution in [0.4, 0.5) is 15.9 Å². The highest BCUT2D eigenvalue weighted by molar-refractivity contribution is 5.82. The van der Waals surface area contributed by atoms with E-state index in [1.807, 2.05) is 31.2 Å². The Morgan fingerprint density at radius 2 is 1.81 bits per heavy atom. The number of hydrogen-bond donors (Lipinski definition) is 2. The van der Waals surface area contributed by atoms with E-state index in [9.17, 15) is 14.3 Å². The Hall–Kier alpha value is -3.19. The summed E-state index contributed by atoms with van der Waals surface area (Å²) >= 11 is 0. The van der Waals surface area contributed by atoms with Gasteiger partial charge in [0.1, 0.15) is 23.2 Å². The molecule has 162 valence electrons. The number of aliphatic hydroxyl groups is 1. The maximum Gasteiger partial charge on any atom is 0.231 e. The van der Waals surface area contributed by atoms with Gasteiger partial charge < -0.3 is 19.9 Å². The van der Waals surface area contributed by atoms with Crippen LogP contribution in [0.5, 0.6) is 0 Å². The van der Waals surface area contributed by atoms with Crippen LogP contribution in [-0.4, -0.2) is 38.6 Å². The van der Waals surface area contributed by atoms with Gasteiger partial charge in [0.15, 0.2) is 0 Å². The lowest BCUT2D eigenvalue weighted by molar-refractivity contribution is -0.144. The zero-order valence-electron chi connectivity index (χ0n) is 18.0. The predicted molar refractivity (Wildman–Crippen MR) is 118 cm³/mol. The Morgan fingerprint density at radius 1 is 1.13 bits per heavy atom. The number of fused-ring (bicyclic) bond motifs is 1. The first-order chi connectivity index (χ1) is 14.8. The summed E-state index contributed by atoms with van der Waals surface area (Å²) in [6.07, 6.45) is 0. The predicted octanol–water partition coefficient (Wildman–Crippen LogP) is 4.10. The van der Waals surface area contributed by atoms with Gasteiger partial charge in [0.2, 0.25) is 5.91 Å². The first-order valence-electron chi connectivity index (χ1n) is 10.4.